The van der Waals surface area contributed by atoms with Gasteiger partial charge in [-0.15, -0.1) is 0 Å². The van der Waals surface area contributed by atoms with E-state index in [0.29, 0.717) is 0 Å². The van der Waals surface area contributed by atoms with Crippen molar-refractivity contribution in [1.29, 1.82) is 0 Å². The van der Waals surface area contributed by atoms with E-state index >= 15 is 0 Å². The molecule has 0 spiro atoms. The molecule has 1 aromatic carbocycles. The Labute approximate surface area is 120 Å². The van der Waals surface area contributed by atoms with Gasteiger partial charge in [-0.25, -0.2) is 13.6 Å². The van der Waals surface area contributed by atoms with Gasteiger partial charge < -0.3 is 10.1 Å². The van der Waals surface area contributed by atoms with Crippen LogP contribution in [0.2, 0.25) is 0 Å². The number of benzene rings is 1. The van der Waals surface area contributed by atoms with Crippen molar-refractivity contribution in [3.05, 3.63) is 29.8 Å². The highest BCUT2D eigenvalue weighted by atomic mass is 32.2. The molecule has 1 aliphatic heterocycles. The average Bonchev–Trinajstić information content (AvgIpc) is 2.91. The third-order valence-electron chi connectivity index (χ3n) is 3.74. The predicted octanol–water partition coefficient (Wildman–Crippen LogP) is 1.55. The lowest BCUT2D eigenvalue weighted by Crippen LogP contribution is -2.38. The van der Waals surface area contributed by atoms with Crippen molar-refractivity contribution < 1.29 is 13.2 Å². The summed E-state index contributed by atoms with van der Waals surface area (Å²) < 4.78 is 28.1. The van der Waals surface area contributed by atoms with Gasteiger partial charge in [0.15, 0.2) is 0 Å². The van der Waals surface area contributed by atoms with Gasteiger partial charge in [0.05, 0.1) is 11.0 Å². The number of ether oxygens (including phenoxy) is 1. The molecule has 0 aromatic heterocycles. The van der Waals surface area contributed by atoms with Crippen molar-refractivity contribution in [3.63, 3.8) is 0 Å². The molecule has 0 radical (unpaired) electrons. The zero-order valence-electron chi connectivity index (χ0n) is 11.9. The summed E-state index contributed by atoms with van der Waals surface area (Å²) in [6.07, 6.45) is 2.47. The molecule has 1 heterocycles. The first kappa shape index (κ1) is 15.4. The maximum Gasteiger partial charge on any atom is 0.238 e. The van der Waals surface area contributed by atoms with E-state index in [1.165, 1.54) is 0 Å². The largest absolute Gasteiger partial charge is 0.377 e. The maximum absolute atomic E-state index is 11.2. The molecule has 1 aliphatic rings. The molecule has 6 heteroatoms. The average molecular weight is 298 g/mol. The van der Waals surface area contributed by atoms with Crippen LogP contribution in [-0.2, 0) is 14.8 Å². The summed E-state index contributed by atoms with van der Waals surface area (Å²) in [5.41, 5.74) is 1.03. The molecule has 0 bridgehead atoms. The lowest BCUT2D eigenvalue weighted by atomic mass is 10.0. The van der Waals surface area contributed by atoms with Crippen molar-refractivity contribution in [2.75, 3.05) is 6.61 Å². The first-order valence-electron chi connectivity index (χ1n) is 6.88. The summed E-state index contributed by atoms with van der Waals surface area (Å²) >= 11 is 0. The molecule has 3 N–H and O–H groups in total. The Morgan fingerprint density at radius 2 is 1.95 bits per heavy atom. The summed E-state index contributed by atoms with van der Waals surface area (Å²) in [4.78, 5) is 0.139. The summed E-state index contributed by atoms with van der Waals surface area (Å²) in [6, 6.07) is 7.06. The van der Waals surface area contributed by atoms with Gasteiger partial charge in [-0.05, 0) is 44.4 Å². The maximum atomic E-state index is 11.2. The van der Waals surface area contributed by atoms with E-state index in [-0.39, 0.29) is 23.1 Å². The van der Waals surface area contributed by atoms with E-state index in [0.717, 1.165) is 25.0 Å². The number of sulfonamides is 1. The summed E-state index contributed by atoms with van der Waals surface area (Å²) in [6.45, 7) is 5.01. The lowest BCUT2D eigenvalue weighted by molar-refractivity contribution is 0.0804. The fourth-order valence-corrected chi connectivity index (χ4v) is 3.06. The van der Waals surface area contributed by atoms with E-state index < -0.39 is 10.0 Å². The lowest BCUT2D eigenvalue weighted by Gasteiger charge is -2.24. The molecule has 0 aliphatic carbocycles. The Morgan fingerprint density at radius 3 is 2.45 bits per heavy atom. The number of rotatable bonds is 5. The molecule has 0 saturated carbocycles. The van der Waals surface area contributed by atoms with E-state index in [1.807, 2.05) is 0 Å². The van der Waals surface area contributed by atoms with Gasteiger partial charge in [0.1, 0.15) is 0 Å². The number of hydrogen-bond acceptors (Lipinski definition) is 4. The van der Waals surface area contributed by atoms with Crippen molar-refractivity contribution in [3.8, 4) is 0 Å². The van der Waals surface area contributed by atoms with Gasteiger partial charge in [-0.2, -0.15) is 0 Å². The standard InChI is InChI=1S/C14H22N2O3S/c1-10(16-11(2)14-4-3-9-19-14)12-5-7-13(8-6-12)20(15,17)18/h5-8,10-11,14,16H,3-4,9H2,1-2H3,(H2,15,17,18). The van der Waals surface area contributed by atoms with Crippen LogP contribution in [0.15, 0.2) is 29.2 Å². The molecule has 0 amide bonds. The molecule has 1 saturated heterocycles. The van der Waals surface area contributed by atoms with Crippen LogP contribution in [-0.4, -0.2) is 27.2 Å². The zero-order chi connectivity index (χ0) is 14.8. The van der Waals surface area contributed by atoms with Crippen molar-refractivity contribution >= 4 is 10.0 Å². The monoisotopic (exact) mass is 298 g/mol. The van der Waals surface area contributed by atoms with Crippen LogP contribution < -0.4 is 10.5 Å². The molecule has 20 heavy (non-hydrogen) atoms. The third-order valence-corrected chi connectivity index (χ3v) is 4.67. The minimum atomic E-state index is -3.62. The van der Waals surface area contributed by atoms with Crippen LogP contribution in [0, 0.1) is 0 Å². The fourth-order valence-electron chi connectivity index (χ4n) is 2.54. The minimum absolute atomic E-state index is 0.128. The second-order valence-corrected chi connectivity index (χ2v) is 6.90. The van der Waals surface area contributed by atoms with Crippen LogP contribution in [0.5, 0.6) is 0 Å². The Balaban J connectivity index is 2.00. The van der Waals surface area contributed by atoms with Crippen LogP contribution >= 0.6 is 0 Å². The second-order valence-electron chi connectivity index (χ2n) is 5.34. The summed E-state index contributed by atoms with van der Waals surface area (Å²) in [5.74, 6) is 0. The predicted molar refractivity (Wildman–Crippen MR) is 77.8 cm³/mol. The number of primary sulfonamides is 1. The topological polar surface area (TPSA) is 81.4 Å². The normalized spacial score (nSPS) is 22.6. The van der Waals surface area contributed by atoms with Crippen molar-refractivity contribution in [2.24, 2.45) is 5.14 Å². The van der Waals surface area contributed by atoms with Crippen LogP contribution in [0.1, 0.15) is 38.3 Å². The molecule has 2 rings (SSSR count). The Morgan fingerprint density at radius 1 is 1.30 bits per heavy atom. The molecular formula is C14H22N2O3S. The molecule has 5 nitrogen and oxygen atoms in total. The quantitative estimate of drug-likeness (QED) is 0.864. The molecule has 1 fully saturated rings. The van der Waals surface area contributed by atoms with Crippen LogP contribution in [0.4, 0.5) is 0 Å². The zero-order valence-corrected chi connectivity index (χ0v) is 12.7. The first-order valence-corrected chi connectivity index (χ1v) is 8.43. The number of nitrogens with one attached hydrogen (secondary N) is 1. The SMILES string of the molecule is CC(NC(C)C1CCCO1)c1ccc(S(N)(=O)=O)cc1. The van der Waals surface area contributed by atoms with E-state index in [9.17, 15) is 8.42 Å². The van der Waals surface area contributed by atoms with E-state index in [4.69, 9.17) is 9.88 Å². The number of nitrogens with two attached hydrogens (primary N) is 1. The van der Waals surface area contributed by atoms with E-state index in [2.05, 4.69) is 19.2 Å². The highest BCUT2D eigenvalue weighted by Gasteiger charge is 2.23. The first-order chi connectivity index (χ1) is 9.38. The van der Waals surface area contributed by atoms with Gasteiger partial charge in [-0.3, -0.25) is 0 Å². The number of hydrogen-bond donors (Lipinski definition) is 2. The smallest absolute Gasteiger partial charge is 0.238 e. The summed E-state index contributed by atoms with van der Waals surface area (Å²) in [5, 5.41) is 8.58. The highest BCUT2D eigenvalue weighted by Crippen LogP contribution is 2.20. The Kier molecular flexibility index (Phi) is 4.80. The molecule has 3 unspecified atom stereocenters. The summed E-state index contributed by atoms with van der Waals surface area (Å²) in [7, 11) is -3.62. The van der Waals surface area contributed by atoms with Gasteiger partial charge >= 0.3 is 0 Å². The van der Waals surface area contributed by atoms with Gasteiger partial charge in [0, 0.05) is 18.7 Å². The van der Waals surface area contributed by atoms with Crippen LogP contribution in [0.25, 0.3) is 0 Å². The highest BCUT2D eigenvalue weighted by molar-refractivity contribution is 7.89. The van der Waals surface area contributed by atoms with Crippen LogP contribution in [0.3, 0.4) is 0 Å². The van der Waals surface area contributed by atoms with Crippen molar-refractivity contribution in [1.82, 2.24) is 5.32 Å². The molecular weight excluding hydrogens is 276 g/mol. The van der Waals surface area contributed by atoms with E-state index in [1.54, 1.807) is 24.3 Å². The fraction of sp³-hybridized carbons (Fsp3) is 0.571. The van der Waals surface area contributed by atoms with Gasteiger partial charge in [0.25, 0.3) is 0 Å². The Hall–Kier alpha value is -0.950. The molecule has 112 valence electrons. The molecule has 1 aromatic rings. The second kappa shape index (κ2) is 6.22. The Bertz CT molecular complexity index is 536. The molecule has 3 atom stereocenters. The van der Waals surface area contributed by atoms with Crippen molar-refractivity contribution in [2.45, 2.75) is 49.8 Å². The minimum Gasteiger partial charge on any atom is -0.377 e. The van der Waals surface area contributed by atoms with Gasteiger partial charge in [0.2, 0.25) is 10.0 Å². The van der Waals surface area contributed by atoms with Gasteiger partial charge in [-0.1, -0.05) is 12.1 Å². The third kappa shape index (κ3) is 3.79.